The number of rotatable bonds is 4. The smallest absolute Gasteiger partial charge is 0.258 e. The van der Waals surface area contributed by atoms with Gasteiger partial charge in [-0.05, 0) is 49.6 Å². The van der Waals surface area contributed by atoms with Crippen molar-refractivity contribution in [2.24, 2.45) is 0 Å². The second-order valence-corrected chi connectivity index (χ2v) is 6.54. The normalized spacial score (nSPS) is 10.5. The molecule has 5 nitrogen and oxygen atoms in total. The first-order valence-electron chi connectivity index (χ1n) is 8.17. The zero-order valence-corrected chi connectivity index (χ0v) is 15.6. The molecular formula is C20H19ClN4O. The van der Waals surface area contributed by atoms with Crippen LogP contribution in [0.15, 0.2) is 48.8 Å². The molecule has 1 amide bonds. The van der Waals surface area contributed by atoms with Gasteiger partial charge in [0.2, 0.25) is 5.95 Å². The van der Waals surface area contributed by atoms with Gasteiger partial charge < -0.3 is 10.6 Å². The molecule has 2 N–H and O–H groups in total. The van der Waals surface area contributed by atoms with Gasteiger partial charge in [-0.15, -0.1) is 0 Å². The third-order valence-corrected chi connectivity index (χ3v) is 4.27. The van der Waals surface area contributed by atoms with E-state index >= 15 is 0 Å². The molecule has 0 bridgehead atoms. The summed E-state index contributed by atoms with van der Waals surface area (Å²) < 4.78 is 0. The van der Waals surface area contributed by atoms with Crippen LogP contribution in [0.5, 0.6) is 0 Å². The van der Waals surface area contributed by atoms with Crippen LogP contribution in [-0.2, 0) is 0 Å². The van der Waals surface area contributed by atoms with Gasteiger partial charge in [0.05, 0.1) is 16.3 Å². The van der Waals surface area contributed by atoms with Gasteiger partial charge in [0.25, 0.3) is 5.91 Å². The molecule has 0 unspecified atom stereocenters. The number of aromatic nitrogens is 2. The van der Waals surface area contributed by atoms with E-state index in [2.05, 4.69) is 20.6 Å². The number of amides is 1. The summed E-state index contributed by atoms with van der Waals surface area (Å²) in [5.74, 6) is 0.127. The van der Waals surface area contributed by atoms with Crippen LogP contribution in [0.4, 0.5) is 17.3 Å². The number of anilines is 3. The Morgan fingerprint density at radius 2 is 1.69 bits per heavy atom. The number of hydrogen-bond acceptors (Lipinski definition) is 4. The molecule has 0 spiro atoms. The van der Waals surface area contributed by atoms with Gasteiger partial charge in [-0.1, -0.05) is 35.9 Å². The van der Waals surface area contributed by atoms with E-state index in [1.54, 1.807) is 0 Å². The summed E-state index contributed by atoms with van der Waals surface area (Å²) in [6, 6.07) is 11.5. The lowest BCUT2D eigenvalue weighted by molar-refractivity contribution is 0.102. The first-order valence-corrected chi connectivity index (χ1v) is 8.54. The molecule has 1 heterocycles. The average molecular weight is 367 g/mol. The standard InChI is InChI=1S/C20H19ClN4O/c1-12-8-14(3)18(16(21)9-12)25-20-22-10-15(11-23-20)19(26)24-17-7-5-4-6-13(17)2/h4-11H,1-3H3,(H,24,26)(H,22,23,25). The molecule has 0 atom stereocenters. The second kappa shape index (κ2) is 7.54. The Morgan fingerprint density at radius 1 is 1.00 bits per heavy atom. The van der Waals surface area contributed by atoms with Crippen LogP contribution < -0.4 is 10.6 Å². The lowest BCUT2D eigenvalue weighted by Gasteiger charge is -2.12. The van der Waals surface area contributed by atoms with Gasteiger partial charge in [-0.2, -0.15) is 0 Å². The summed E-state index contributed by atoms with van der Waals surface area (Å²) in [5.41, 5.74) is 4.98. The Balaban J connectivity index is 1.75. The fourth-order valence-electron chi connectivity index (χ4n) is 2.60. The molecule has 132 valence electrons. The minimum atomic E-state index is -0.254. The summed E-state index contributed by atoms with van der Waals surface area (Å²) in [5, 5.41) is 6.57. The van der Waals surface area contributed by atoms with E-state index in [9.17, 15) is 4.79 Å². The number of nitrogens with zero attached hydrogens (tertiary/aromatic N) is 2. The van der Waals surface area contributed by atoms with E-state index in [-0.39, 0.29) is 5.91 Å². The Bertz CT molecular complexity index is 931. The number of aryl methyl sites for hydroxylation is 3. The van der Waals surface area contributed by atoms with Crippen LogP contribution in [0.25, 0.3) is 0 Å². The van der Waals surface area contributed by atoms with E-state index in [4.69, 9.17) is 11.6 Å². The maximum absolute atomic E-state index is 12.3. The molecule has 0 saturated heterocycles. The Labute approximate surface area is 157 Å². The molecule has 3 rings (SSSR count). The van der Waals surface area contributed by atoms with E-state index < -0.39 is 0 Å². The van der Waals surface area contributed by atoms with Crippen molar-refractivity contribution in [3.8, 4) is 0 Å². The zero-order valence-electron chi connectivity index (χ0n) is 14.8. The van der Waals surface area contributed by atoms with Gasteiger partial charge in [0.1, 0.15) is 0 Å². The summed E-state index contributed by atoms with van der Waals surface area (Å²) in [6.45, 7) is 5.89. The summed E-state index contributed by atoms with van der Waals surface area (Å²) in [4.78, 5) is 20.8. The number of hydrogen-bond donors (Lipinski definition) is 2. The number of nitrogens with one attached hydrogen (secondary N) is 2. The molecule has 6 heteroatoms. The predicted molar refractivity (Wildman–Crippen MR) is 105 cm³/mol. The minimum absolute atomic E-state index is 0.254. The van der Waals surface area contributed by atoms with Crippen molar-refractivity contribution in [2.75, 3.05) is 10.6 Å². The zero-order chi connectivity index (χ0) is 18.7. The van der Waals surface area contributed by atoms with Crippen LogP contribution in [0.1, 0.15) is 27.0 Å². The number of benzene rings is 2. The van der Waals surface area contributed by atoms with Crippen LogP contribution in [0, 0.1) is 20.8 Å². The first kappa shape index (κ1) is 17.9. The van der Waals surface area contributed by atoms with Crippen molar-refractivity contribution in [3.63, 3.8) is 0 Å². The van der Waals surface area contributed by atoms with Crippen molar-refractivity contribution >= 4 is 34.8 Å². The topological polar surface area (TPSA) is 66.9 Å². The van der Waals surface area contributed by atoms with Crippen LogP contribution >= 0.6 is 11.6 Å². The first-order chi connectivity index (χ1) is 12.4. The largest absolute Gasteiger partial charge is 0.323 e. The lowest BCUT2D eigenvalue weighted by atomic mass is 10.1. The minimum Gasteiger partial charge on any atom is -0.323 e. The van der Waals surface area contributed by atoms with Gasteiger partial charge in [0, 0.05) is 18.1 Å². The Kier molecular flexibility index (Phi) is 5.19. The van der Waals surface area contributed by atoms with E-state index in [1.807, 2.05) is 57.2 Å². The molecule has 0 fully saturated rings. The monoisotopic (exact) mass is 366 g/mol. The van der Waals surface area contributed by atoms with Crippen LogP contribution in [0.3, 0.4) is 0 Å². The fourth-order valence-corrected chi connectivity index (χ4v) is 2.97. The van der Waals surface area contributed by atoms with Gasteiger partial charge in [-0.3, -0.25) is 4.79 Å². The molecular weight excluding hydrogens is 348 g/mol. The van der Waals surface area contributed by atoms with Crippen LogP contribution in [-0.4, -0.2) is 15.9 Å². The Hall–Kier alpha value is -2.92. The maximum atomic E-state index is 12.3. The van der Waals surface area contributed by atoms with Crippen molar-refractivity contribution in [1.82, 2.24) is 9.97 Å². The molecule has 3 aromatic rings. The van der Waals surface area contributed by atoms with Crippen molar-refractivity contribution in [1.29, 1.82) is 0 Å². The lowest BCUT2D eigenvalue weighted by Crippen LogP contribution is -2.13. The SMILES string of the molecule is Cc1cc(C)c(Nc2ncc(C(=O)Nc3ccccc3C)cn2)c(Cl)c1. The number of para-hydroxylation sites is 1. The van der Waals surface area contributed by atoms with Crippen molar-refractivity contribution < 1.29 is 4.79 Å². The predicted octanol–water partition coefficient (Wildman–Crippen LogP) is 5.05. The van der Waals surface area contributed by atoms with Crippen molar-refractivity contribution in [3.05, 3.63) is 76.1 Å². The molecule has 26 heavy (non-hydrogen) atoms. The van der Waals surface area contributed by atoms with Crippen LogP contribution in [0.2, 0.25) is 5.02 Å². The molecule has 1 aromatic heterocycles. The van der Waals surface area contributed by atoms with Crippen molar-refractivity contribution in [2.45, 2.75) is 20.8 Å². The fraction of sp³-hybridized carbons (Fsp3) is 0.150. The quantitative estimate of drug-likeness (QED) is 0.678. The number of halogens is 1. The van der Waals surface area contributed by atoms with E-state index in [0.29, 0.717) is 16.5 Å². The number of carbonyl (C=O) groups excluding carboxylic acids is 1. The number of carbonyl (C=O) groups is 1. The van der Waals surface area contributed by atoms with Gasteiger partial charge in [0.15, 0.2) is 0 Å². The van der Waals surface area contributed by atoms with Gasteiger partial charge in [-0.25, -0.2) is 9.97 Å². The highest BCUT2D eigenvalue weighted by molar-refractivity contribution is 6.33. The second-order valence-electron chi connectivity index (χ2n) is 6.13. The molecule has 0 aliphatic carbocycles. The van der Waals surface area contributed by atoms with E-state index in [1.165, 1.54) is 12.4 Å². The molecule has 0 saturated carbocycles. The molecule has 2 aromatic carbocycles. The Morgan fingerprint density at radius 3 is 2.35 bits per heavy atom. The summed E-state index contributed by atoms with van der Waals surface area (Å²) in [7, 11) is 0. The van der Waals surface area contributed by atoms with Gasteiger partial charge >= 0.3 is 0 Å². The highest BCUT2D eigenvalue weighted by Crippen LogP contribution is 2.29. The molecule has 0 radical (unpaired) electrons. The summed E-state index contributed by atoms with van der Waals surface area (Å²) in [6.07, 6.45) is 2.97. The summed E-state index contributed by atoms with van der Waals surface area (Å²) >= 11 is 6.29. The highest BCUT2D eigenvalue weighted by Gasteiger charge is 2.11. The maximum Gasteiger partial charge on any atom is 0.258 e. The third kappa shape index (κ3) is 4.00. The van der Waals surface area contributed by atoms with E-state index in [0.717, 1.165) is 28.1 Å². The molecule has 0 aliphatic rings. The average Bonchev–Trinajstić information content (AvgIpc) is 2.60. The molecule has 0 aliphatic heterocycles. The third-order valence-electron chi connectivity index (χ3n) is 3.98. The highest BCUT2D eigenvalue weighted by atomic mass is 35.5.